The molecular formula is C9H9FN2O. The number of halogens is 1. The molecule has 0 atom stereocenters. The maximum atomic E-state index is 13.1. The molecule has 4 heteroatoms. The number of urea groups is 1. The first-order valence-corrected chi connectivity index (χ1v) is 3.98. The molecule has 1 aromatic rings. The second-order valence-corrected chi connectivity index (χ2v) is 3.06. The lowest BCUT2D eigenvalue weighted by atomic mass is 10.1. The Labute approximate surface area is 75.2 Å². The largest absolute Gasteiger partial charge is 0.323 e. The maximum absolute atomic E-state index is 13.1. The summed E-state index contributed by atoms with van der Waals surface area (Å²) in [4.78, 5) is 12.7. The van der Waals surface area contributed by atoms with E-state index in [9.17, 15) is 9.18 Å². The SMILES string of the molecule is CN1Cc2cccc(F)c2NC1=O. The van der Waals surface area contributed by atoms with Gasteiger partial charge in [-0.05, 0) is 11.6 Å². The minimum Gasteiger partial charge on any atom is -0.323 e. The number of hydrogen-bond acceptors (Lipinski definition) is 1. The molecule has 0 bridgehead atoms. The molecule has 0 fully saturated rings. The van der Waals surface area contributed by atoms with E-state index < -0.39 is 0 Å². The van der Waals surface area contributed by atoms with Crippen molar-refractivity contribution in [3.8, 4) is 0 Å². The number of para-hydroxylation sites is 1. The lowest BCUT2D eigenvalue weighted by molar-refractivity contribution is 0.218. The van der Waals surface area contributed by atoms with Gasteiger partial charge in [0.05, 0.1) is 5.69 Å². The smallest absolute Gasteiger partial charge is 0.321 e. The van der Waals surface area contributed by atoms with Crippen LogP contribution in [-0.4, -0.2) is 18.0 Å². The zero-order chi connectivity index (χ0) is 9.42. The number of nitrogens with one attached hydrogen (secondary N) is 1. The fourth-order valence-corrected chi connectivity index (χ4v) is 1.37. The Morgan fingerprint density at radius 1 is 1.54 bits per heavy atom. The van der Waals surface area contributed by atoms with Gasteiger partial charge in [0.2, 0.25) is 0 Å². The number of carbonyl (C=O) groups excluding carboxylic acids is 1. The summed E-state index contributed by atoms with van der Waals surface area (Å²) < 4.78 is 13.1. The predicted molar refractivity (Wildman–Crippen MR) is 46.9 cm³/mol. The monoisotopic (exact) mass is 180 g/mol. The predicted octanol–water partition coefficient (Wildman–Crippen LogP) is 1.80. The van der Waals surface area contributed by atoms with Crippen molar-refractivity contribution in [1.29, 1.82) is 0 Å². The third-order valence-electron chi connectivity index (χ3n) is 2.09. The highest BCUT2D eigenvalue weighted by Gasteiger charge is 2.21. The molecule has 1 aromatic carbocycles. The van der Waals surface area contributed by atoms with Crippen molar-refractivity contribution in [2.24, 2.45) is 0 Å². The molecule has 1 aliphatic rings. The number of fused-ring (bicyclic) bond motifs is 1. The van der Waals surface area contributed by atoms with Gasteiger partial charge in [0.1, 0.15) is 5.82 Å². The lowest BCUT2D eigenvalue weighted by Gasteiger charge is -2.25. The highest BCUT2D eigenvalue weighted by molar-refractivity contribution is 5.92. The van der Waals surface area contributed by atoms with E-state index in [4.69, 9.17) is 0 Å². The van der Waals surface area contributed by atoms with Crippen molar-refractivity contribution in [2.45, 2.75) is 6.54 Å². The van der Waals surface area contributed by atoms with Crippen molar-refractivity contribution in [2.75, 3.05) is 12.4 Å². The van der Waals surface area contributed by atoms with E-state index in [1.807, 2.05) is 0 Å². The Kier molecular flexibility index (Phi) is 1.69. The van der Waals surface area contributed by atoms with E-state index in [0.717, 1.165) is 5.56 Å². The molecule has 1 N–H and O–H groups in total. The van der Waals surface area contributed by atoms with E-state index in [2.05, 4.69) is 5.32 Å². The van der Waals surface area contributed by atoms with Crippen molar-refractivity contribution < 1.29 is 9.18 Å². The van der Waals surface area contributed by atoms with Crippen LogP contribution in [0.1, 0.15) is 5.56 Å². The van der Waals surface area contributed by atoms with Gasteiger partial charge >= 0.3 is 6.03 Å². The fourth-order valence-electron chi connectivity index (χ4n) is 1.37. The van der Waals surface area contributed by atoms with Crippen molar-refractivity contribution in [3.63, 3.8) is 0 Å². The molecule has 2 amide bonds. The van der Waals surface area contributed by atoms with Gasteiger partial charge in [0.25, 0.3) is 0 Å². The minimum atomic E-state index is -0.376. The molecule has 0 saturated carbocycles. The number of carbonyl (C=O) groups is 1. The summed E-state index contributed by atoms with van der Waals surface area (Å²) in [7, 11) is 1.67. The van der Waals surface area contributed by atoms with Crippen LogP contribution in [0.15, 0.2) is 18.2 Å². The zero-order valence-corrected chi connectivity index (χ0v) is 7.17. The van der Waals surface area contributed by atoms with Gasteiger partial charge in [-0.2, -0.15) is 0 Å². The van der Waals surface area contributed by atoms with Crippen molar-refractivity contribution in [1.82, 2.24) is 4.90 Å². The Morgan fingerprint density at radius 2 is 2.31 bits per heavy atom. The Hall–Kier alpha value is -1.58. The van der Waals surface area contributed by atoms with Gasteiger partial charge in [-0.25, -0.2) is 9.18 Å². The van der Waals surface area contributed by atoms with E-state index >= 15 is 0 Å². The summed E-state index contributed by atoms with van der Waals surface area (Å²) in [6.07, 6.45) is 0. The second kappa shape index (κ2) is 2.73. The summed E-state index contributed by atoms with van der Waals surface area (Å²) in [6.45, 7) is 0.457. The number of amides is 2. The third-order valence-corrected chi connectivity index (χ3v) is 2.09. The standard InChI is InChI=1S/C9H9FN2O/c1-12-5-6-3-2-4-7(10)8(6)11-9(12)13/h2-4H,5H2,1H3,(H,11,13). The number of anilines is 1. The van der Waals surface area contributed by atoms with E-state index in [-0.39, 0.29) is 11.8 Å². The molecular weight excluding hydrogens is 171 g/mol. The van der Waals surface area contributed by atoms with Gasteiger partial charge in [-0.1, -0.05) is 12.1 Å². The van der Waals surface area contributed by atoms with Crippen LogP contribution in [0.2, 0.25) is 0 Å². The average molecular weight is 180 g/mol. The first kappa shape index (κ1) is 8.04. The quantitative estimate of drug-likeness (QED) is 0.648. The zero-order valence-electron chi connectivity index (χ0n) is 7.17. The summed E-state index contributed by atoms with van der Waals surface area (Å²) in [5, 5.41) is 2.49. The molecule has 0 aromatic heterocycles. The van der Waals surface area contributed by atoms with Crippen LogP contribution in [0.4, 0.5) is 14.9 Å². The van der Waals surface area contributed by atoms with Gasteiger partial charge in [-0.3, -0.25) is 0 Å². The van der Waals surface area contributed by atoms with Gasteiger partial charge in [-0.15, -0.1) is 0 Å². The van der Waals surface area contributed by atoms with E-state index in [1.54, 1.807) is 19.2 Å². The molecule has 3 nitrogen and oxygen atoms in total. The summed E-state index contributed by atoms with van der Waals surface area (Å²) in [6, 6.07) is 4.51. The van der Waals surface area contributed by atoms with Gasteiger partial charge in [0, 0.05) is 13.6 Å². The molecule has 68 valence electrons. The summed E-state index contributed by atoms with van der Waals surface area (Å²) in [5.74, 6) is -0.376. The molecule has 0 unspecified atom stereocenters. The van der Waals surface area contributed by atoms with Gasteiger partial charge < -0.3 is 10.2 Å². The van der Waals surface area contributed by atoms with Crippen LogP contribution in [0, 0.1) is 5.82 Å². The lowest BCUT2D eigenvalue weighted by Crippen LogP contribution is -2.35. The van der Waals surface area contributed by atoms with Crippen molar-refractivity contribution in [3.05, 3.63) is 29.6 Å². The van der Waals surface area contributed by atoms with E-state index in [1.165, 1.54) is 11.0 Å². The molecule has 0 aliphatic carbocycles. The first-order valence-electron chi connectivity index (χ1n) is 3.98. The molecule has 13 heavy (non-hydrogen) atoms. The second-order valence-electron chi connectivity index (χ2n) is 3.06. The maximum Gasteiger partial charge on any atom is 0.321 e. The molecule has 1 heterocycles. The van der Waals surface area contributed by atoms with Crippen molar-refractivity contribution >= 4 is 11.7 Å². The Morgan fingerprint density at radius 3 is 3.08 bits per heavy atom. The van der Waals surface area contributed by atoms with E-state index in [0.29, 0.717) is 12.2 Å². The van der Waals surface area contributed by atoms with Crippen LogP contribution in [0.5, 0.6) is 0 Å². The summed E-state index contributed by atoms with van der Waals surface area (Å²) >= 11 is 0. The Bertz CT molecular complexity index is 365. The van der Waals surface area contributed by atoms with Crippen LogP contribution < -0.4 is 5.32 Å². The van der Waals surface area contributed by atoms with Crippen LogP contribution >= 0.6 is 0 Å². The number of benzene rings is 1. The van der Waals surface area contributed by atoms with Crippen LogP contribution in [-0.2, 0) is 6.54 Å². The number of hydrogen-bond donors (Lipinski definition) is 1. The van der Waals surface area contributed by atoms with Crippen LogP contribution in [0.25, 0.3) is 0 Å². The highest BCUT2D eigenvalue weighted by Crippen LogP contribution is 2.24. The van der Waals surface area contributed by atoms with Gasteiger partial charge in [0.15, 0.2) is 0 Å². The normalized spacial score (nSPS) is 15.2. The average Bonchev–Trinajstić information content (AvgIpc) is 2.09. The fraction of sp³-hybridized carbons (Fsp3) is 0.222. The third kappa shape index (κ3) is 1.24. The molecule has 0 radical (unpaired) electrons. The minimum absolute atomic E-state index is 0.266. The molecule has 1 aliphatic heterocycles. The molecule has 2 rings (SSSR count). The van der Waals surface area contributed by atoms with Crippen LogP contribution in [0.3, 0.4) is 0 Å². The first-order chi connectivity index (χ1) is 6.18. The topological polar surface area (TPSA) is 32.3 Å². The number of rotatable bonds is 0. The number of nitrogens with zero attached hydrogens (tertiary/aromatic N) is 1. The highest BCUT2D eigenvalue weighted by atomic mass is 19.1. The molecule has 0 spiro atoms. The Balaban J connectivity index is 2.48. The summed E-state index contributed by atoms with van der Waals surface area (Å²) in [5.41, 5.74) is 1.12. The molecule has 0 saturated heterocycles.